The summed E-state index contributed by atoms with van der Waals surface area (Å²) in [6.45, 7) is 4.42. The Labute approximate surface area is 159 Å². The second-order valence-electron chi connectivity index (χ2n) is 6.69. The number of aromatic amines is 1. The molecule has 1 aromatic heterocycles. The first kappa shape index (κ1) is 19.1. The molecule has 1 amide bonds. The third-order valence-corrected chi connectivity index (χ3v) is 5.81. The molecule has 142 valence electrons. The molecule has 0 aliphatic rings. The number of aryl methyl sites for hydroxylation is 2. The summed E-state index contributed by atoms with van der Waals surface area (Å²) in [6.07, 6.45) is 0. The van der Waals surface area contributed by atoms with E-state index in [1.165, 1.54) is 7.05 Å². The summed E-state index contributed by atoms with van der Waals surface area (Å²) in [5.41, 5.74) is 5.35. The van der Waals surface area contributed by atoms with E-state index in [0.29, 0.717) is 17.8 Å². The van der Waals surface area contributed by atoms with E-state index in [0.717, 1.165) is 27.6 Å². The first-order chi connectivity index (χ1) is 12.8. The molecule has 0 aliphatic carbocycles. The maximum Gasteiger partial charge on any atom is 0.267 e. The minimum Gasteiger partial charge on any atom is -0.351 e. The number of fused-ring (bicyclic) bond motifs is 1. The smallest absolute Gasteiger partial charge is 0.267 e. The fourth-order valence-electron chi connectivity index (χ4n) is 3.04. The molecule has 0 unspecified atom stereocenters. The summed E-state index contributed by atoms with van der Waals surface area (Å²) in [7, 11) is -1.90. The zero-order valence-electron chi connectivity index (χ0n) is 15.6. The van der Waals surface area contributed by atoms with Gasteiger partial charge in [0.25, 0.3) is 5.91 Å². The quantitative estimate of drug-likeness (QED) is 0.609. The first-order valence-corrected chi connectivity index (χ1v) is 10.3. The average Bonchev–Trinajstić information content (AvgIpc) is 3.05. The van der Waals surface area contributed by atoms with Gasteiger partial charge in [-0.15, -0.1) is 0 Å². The van der Waals surface area contributed by atoms with Crippen LogP contribution in [0.1, 0.15) is 32.7 Å². The molecule has 0 radical (unpaired) electrons. The predicted octanol–water partition coefficient (Wildman–Crippen LogP) is 2.76. The van der Waals surface area contributed by atoms with Gasteiger partial charge in [0.15, 0.2) is 0 Å². The Morgan fingerprint density at radius 1 is 1.04 bits per heavy atom. The molecule has 0 aliphatic heterocycles. The molecule has 3 aromatic rings. The van der Waals surface area contributed by atoms with E-state index in [9.17, 15) is 13.2 Å². The molecular formula is C20H23N3O3S. The number of carbonyl (C=O) groups excluding carboxylic acids is 1. The summed E-state index contributed by atoms with van der Waals surface area (Å²) in [5.74, 6) is -0.241. The average molecular weight is 385 g/mol. The molecule has 2 aromatic carbocycles. The number of benzene rings is 2. The molecule has 0 saturated heterocycles. The van der Waals surface area contributed by atoms with Crippen molar-refractivity contribution in [2.45, 2.75) is 26.1 Å². The standard InChI is InChI=1S/C20H23N3O3S/c1-13-8-14(2)17-10-19(23-18(17)9-13)20(24)22-11-15-4-6-16(7-5-15)12-27(25,26)21-3/h4-10,21,23H,11-12H2,1-3H3,(H,22,24). The molecule has 0 fully saturated rings. The third kappa shape index (κ3) is 4.56. The van der Waals surface area contributed by atoms with Crippen LogP contribution in [0.2, 0.25) is 0 Å². The highest BCUT2D eigenvalue weighted by Gasteiger charge is 2.12. The van der Waals surface area contributed by atoms with Gasteiger partial charge in [0, 0.05) is 17.4 Å². The highest BCUT2D eigenvalue weighted by Crippen LogP contribution is 2.21. The predicted molar refractivity (Wildman–Crippen MR) is 107 cm³/mol. The molecule has 7 heteroatoms. The van der Waals surface area contributed by atoms with Crippen LogP contribution < -0.4 is 10.0 Å². The van der Waals surface area contributed by atoms with Crippen LogP contribution in [0.4, 0.5) is 0 Å². The lowest BCUT2D eigenvalue weighted by Crippen LogP contribution is -2.23. The summed E-state index contributed by atoms with van der Waals surface area (Å²) in [6, 6.07) is 13.1. The zero-order chi connectivity index (χ0) is 19.6. The monoisotopic (exact) mass is 385 g/mol. The van der Waals surface area contributed by atoms with Crippen molar-refractivity contribution >= 4 is 26.8 Å². The van der Waals surface area contributed by atoms with E-state index in [2.05, 4.69) is 21.1 Å². The number of amides is 1. The SMILES string of the molecule is CNS(=O)(=O)Cc1ccc(CNC(=O)c2cc3c(C)cc(C)cc3[nH]2)cc1. The molecule has 0 bridgehead atoms. The van der Waals surface area contributed by atoms with Crippen molar-refractivity contribution in [2.24, 2.45) is 0 Å². The van der Waals surface area contributed by atoms with Gasteiger partial charge in [0.05, 0.1) is 5.75 Å². The highest BCUT2D eigenvalue weighted by atomic mass is 32.2. The number of sulfonamides is 1. The zero-order valence-corrected chi connectivity index (χ0v) is 16.4. The number of rotatable bonds is 6. The van der Waals surface area contributed by atoms with Crippen LogP contribution in [0.15, 0.2) is 42.5 Å². The largest absolute Gasteiger partial charge is 0.351 e. The molecule has 1 heterocycles. The van der Waals surface area contributed by atoms with Crippen LogP contribution in [-0.2, 0) is 22.3 Å². The van der Waals surface area contributed by atoms with E-state index >= 15 is 0 Å². The van der Waals surface area contributed by atoms with Crippen molar-refractivity contribution in [1.29, 1.82) is 0 Å². The van der Waals surface area contributed by atoms with Crippen LogP contribution in [0.25, 0.3) is 10.9 Å². The second-order valence-corrected chi connectivity index (χ2v) is 8.61. The second kappa shape index (κ2) is 7.54. The maximum absolute atomic E-state index is 12.4. The van der Waals surface area contributed by atoms with Crippen molar-refractivity contribution in [1.82, 2.24) is 15.0 Å². The Morgan fingerprint density at radius 3 is 2.37 bits per heavy atom. The van der Waals surface area contributed by atoms with Gasteiger partial charge in [-0.2, -0.15) is 0 Å². The van der Waals surface area contributed by atoms with Crippen molar-refractivity contribution in [3.63, 3.8) is 0 Å². The molecule has 3 N–H and O–H groups in total. The lowest BCUT2D eigenvalue weighted by Gasteiger charge is -2.06. The fourth-order valence-corrected chi connectivity index (χ4v) is 3.82. The minimum absolute atomic E-state index is 0.0655. The van der Waals surface area contributed by atoms with Crippen molar-refractivity contribution < 1.29 is 13.2 Å². The summed E-state index contributed by atoms with van der Waals surface area (Å²) >= 11 is 0. The van der Waals surface area contributed by atoms with Gasteiger partial charge < -0.3 is 10.3 Å². The number of hydrogen-bond acceptors (Lipinski definition) is 3. The fraction of sp³-hybridized carbons (Fsp3) is 0.250. The van der Waals surface area contributed by atoms with E-state index in [1.807, 2.05) is 38.1 Å². The molecule has 0 saturated carbocycles. The Morgan fingerprint density at radius 2 is 1.70 bits per heavy atom. The third-order valence-electron chi connectivity index (χ3n) is 4.48. The Kier molecular flexibility index (Phi) is 5.34. The molecule has 27 heavy (non-hydrogen) atoms. The Hall–Kier alpha value is -2.64. The molecule has 6 nitrogen and oxygen atoms in total. The van der Waals surface area contributed by atoms with Gasteiger partial charge in [0.2, 0.25) is 10.0 Å². The van der Waals surface area contributed by atoms with Crippen LogP contribution >= 0.6 is 0 Å². The normalized spacial score (nSPS) is 11.7. The van der Waals surface area contributed by atoms with Crippen molar-refractivity contribution in [2.75, 3.05) is 7.05 Å². The lowest BCUT2D eigenvalue weighted by atomic mass is 10.1. The van der Waals surface area contributed by atoms with E-state index in [1.54, 1.807) is 12.1 Å². The molecule has 0 spiro atoms. The van der Waals surface area contributed by atoms with E-state index in [-0.39, 0.29) is 11.7 Å². The number of aromatic nitrogens is 1. The van der Waals surface area contributed by atoms with Crippen LogP contribution in [-0.4, -0.2) is 26.4 Å². The van der Waals surface area contributed by atoms with Crippen LogP contribution in [0.3, 0.4) is 0 Å². The van der Waals surface area contributed by atoms with Crippen molar-refractivity contribution in [3.8, 4) is 0 Å². The maximum atomic E-state index is 12.4. The van der Waals surface area contributed by atoms with Gasteiger partial charge in [0.1, 0.15) is 5.69 Å². The van der Waals surface area contributed by atoms with Crippen molar-refractivity contribution in [3.05, 3.63) is 70.4 Å². The topological polar surface area (TPSA) is 91.1 Å². The summed E-state index contributed by atoms with van der Waals surface area (Å²) in [5, 5.41) is 3.93. The summed E-state index contributed by atoms with van der Waals surface area (Å²) < 4.78 is 25.4. The highest BCUT2D eigenvalue weighted by molar-refractivity contribution is 7.88. The minimum atomic E-state index is -3.29. The number of H-pyrrole nitrogens is 1. The number of nitrogens with one attached hydrogen (secondary N) is 3. The van der Waals surface area contributed by atoms with Gasteiger partial charge in [-0.1, -0.05) is 30.3 Å². The van der Waals surface area contributed by atoms with Crippen LogP contribution in [0.5, 0.6) is 0 Å². The Balaban J connectivity index is 1.66. The summed E-state index contributed by atoms with van der Waals surface area (Å²) in [4.78, 5) is 15.6. The lowest BCUT2D eigenvalue weighted by molar-refractivity contribution is 0.0946. The van der Waals surface area contributed by atoms with Gasteiger partial charge in [-0.05, 0) is 55.3 Å². The van der Waals surface area contributed by atoms with Gasteiger partial charge >= 0.3 is 0 Å². The molecular weight excluding hydrogens is 362 g/mol. The number of carbonyl (C=O) groups is 1. The van der Waals surface area contributed by atoms with Gasteiger partial charge in [-0.3, -0.25) is 4.79 Å². The Bertz CT molecular complexity index is 1080. The van der Waals surface area contributed by atoms with Gasteiger partial charge in [-0.25, -0.2) is 13.1 Å². The van der Waals surface area contributed by atoms with E-state index in [4.69, 9.17) is 0 Å². The first-order valence-electron chi connectivity index (χ1n) is 8.64. The molecule has 3 rings (SSSR count). The number of hydrogen-bond donors (Lipinski definition) is 3. The van der Waals surface area contributed by atoms with Crippen LogP contribution in [0, 0.1) is 13.8 Å². The molecule has 0 atom stereocenters. The van der Waals surface area contributed by atoms with E-state index < -0.39 is 10.0 Å².